The zero-order valence-electron chi connectivity index (χ0n) is 14.4. The van der Waals surface area contributed by atoms with Crippen LogP contribution >= 0.6 is 12.4 Å². The Morgan fingerprint density at radius 2 is 1.92 bits per heavy atom. The molecule has 1 saturated carbocycles. The molecule has 1 heterocycles. The second-order valence-electron chi connectivity index (χ2n) is 6.65. The van der Waals surface area contributed by atoms with Crippen molar-refractivity contribution < 1.29 is 19.1 Å². The molecule has 0 bridgehead atoms. The summed E-state index contributed by atoms with van der Waals surface area (Å²) in [7, 11) is 1.32. The molecular formula is C18H25ClN2O4. The fourth-order valence-corrected chi connectivity index (χ4v) is 3.07. The number of hydrogen-bond donors (Lipinski definition) is 1. The zero-order chi connectivity index (χ0) is 17.1. The number of nitrogens with two attached hydrogens (primary N) is 1. The number of methoxy groups -OCH3 is 1. The van der Waals surface area contributed by atoms with Crippen LogP contribution in [0.2, 0.25) is 0 Å². The number of rotatable bonds is 5. The molecule has 1 aromatic rings. The third-order valence-electron chi connectivity index (χ3n) is 4.80. The first-order valence-corrected chi connectivity index (χ1v) is 8.48. The van der Waals surface area contributed by atoms with Crippen LogP contribution in [0, 0.1) is 5.92 Å². The molecule has 25 heavy (non-hydrogen) atoms. The molecule has 2 fully saturated rings. The van der Waals surface area contributed by atoms with E-state index >= 15 is 0 Å². The highest BCUT2D eigenvalue weighted by atomic mass is 35.5. The molecule has 138 valence electrons. The molecule has 2 aliphatic rings. The maximum Gasteiger partial charge on any atom is 0.338 e. The van der Waals surface area contributed by atoms with E-state index in [0.29, 0.717) is 42.5 Å². The van der Waals surface area contributed by atoms with Gasteiger partial charge < -0.3 is 20.1 Å². The SMILES string of the molecule is COC(=O)c1cc(OCC2CCC2)cc(C(=O)N2CCC(N)C2)c1.Cl. The topological polar surface area (TPSA) is 81.9 Å². The summed E-state index contributed by atoms with van der Waals surface area (Å²) in [5.74, 6) is 0.512. The van der Waals surface area contributed by atoms with Crippen molar-refractivity contribution in [1.29, 1.82) is 0 Å². The number of esters is 1. The maximum absolute atomic E-state index is 12.7. The summed E-state index contributed by atoms with van der Waals surface area (Å²) in [6.45, 7) is 1.80. The molecule has 2 N–H and O–H groups in total. The van der Waals surface area contributed by atoms with Gasteiger partial charge in [-0.05, 0) is 43.4 Å². The molecule has 1 atom stereocenters. The average molecular weight is 369 g/mol. The van der Waals surface area contributed by atoms with E-state index in [1.807, 2.05) is 0 Å². The minimum atomic E-state index is -0.476. The summed E-state index contributed by atoms with van der Waals surface area (Å²) in [5.41, 5.74) is 6.65. The highest BCUT2D eigenvalue weighted by Gasteiger charge is 2.26. The fourth-order valence-electron chi connectivity index (χ4n) is 3.07. The second kappa shape index (κ2) is 8.54. The predicted octanol–water partition coefficient (Wildman–Crippen LogP) is 2.25. The standard InChI is InChI=1S/C18H24N2O4.ClH/c1-23-18(22)14-7-13(17(21)20-6-5-15(19)10-20)8-16(9-14)24-11-12-3-2-4-12;/h7-9,12,15H,2-6,10-11,19H2,1H3;1H. The van der Waals surface area contributed by atoms with Crippen molar-refractivity contribution in [2.75, 3.05) is 26.8 Å². The van der Waals surface area contributed by atoms with Crippen LogP contribution in [0.25, 0.3) is 0 Å². The molecule has 0 radical (unpaired) electrons. The molecule has 1 unspecified atom stereocenters. The van der Waals surface area contributed by atoms with E-state index in [4.69, 9.17) is 15.2 Å². The number of likely N-dealkylation sites (tertiary alicyclic amines) is 1. The molecule has 1 aliphatic heterocycles. The highest BCUT2D eigenvalue weighted by Crippen LogP contribution is 2.28. The van der Waals surface area contributed by atoms with Crippen LogP contribution in [-0.2, 0) is 4.74 Å². The number of nitrogens with zero attached hydrogens (tertiary/aromatic N) is 1. The number of amides is 1. The van der Waals surface area contributed by atoms with Crippen LogP contribution in [0.1, 0.15) is 46.4 Å². The van der Waals surface area contributed by atoms with Gasteiger partial charge in [0.05, 0.1) is 19.3 Å². The lowest BCUT2D eigenvalue weighted by molar-refractivity contribution is 0.0600. The van der Waals surface area contributed by atoms with Crippen molar-refractivity contribution in [3.63, 3.8) is 0 Å². The number of carbonyl (C=O) groups is 2. The number of halogens is 1. The molecule has 1 saturated heterocycles. The van der Waals surface area contributed by atoms with Crippen molar-refractivity contribution in [1.82, 2.24) is 4.90 Å². The van der Waals surface area contributed by atoms with Gasteiger partial charge in [0.25, 0.3) is 5.91 Å². The van der Waals surface area contributed by atoms with Gasteiger partial charge in [0.15, 0.2) is 0 Å². The molecule has 0 aromatic heterocycles. The summed E-state index contributed by atoms with van der Waals surface area (Å²) in [6, 6.07) is 4.93. The van der Waals surface area contributed by atoms with Crippen LogP contribution in [-0.4, -0.2) is 49.6 Å². The third-order valence-corrected chi connectivity index (χ3v) is 4.80. The van der Waals surface area contributed by atoms with E-state index in [2.05, 4.69) is 0 Å². The lowest BCUT2D eigenvalue weighted by atomic mass is 9.86. The fraction of sp³-hybridized carbons (Fsp3) is 0.556. The quantitative estimate of drug-likeness (QED) is 0.806. The van der Waals surface area contributed by atoms with Crippen LogP contribution < -0.4 is 10.5 Å². The molecule has 3 rings (SSSR count). The molecular weight excluding hydrogens is 344 g/mol. The van der Waals surface area contributed by atoms with E-state index in [9.17, 15) is 9.59 Å². The predicted molar refractivity (Wildman–Crippen MR) is 96.4 cm³/mol. The van der Waals surface area contributed by atoms with Crippen LogP contribution in [0.15, 0.2) is 18.2 Å². The number of hydrogen-bond acceptors (Lipinski definition) is 5. The Labute approximate surface area is 154 Å². The normalized spacial score (nSPS) is 19.8. The Balaban J connectivity index is 0.00000225. The number of carbonyl (C=O) groups excluding carboxylic acids is 2. The summed E-state index contributed by atoms with van der Waals surface area (Å²) in [4.78, 5) is 26.3. The third kappa shape index (κ3) is 4.64. The van der Waals surface area contributed by atoms with Crippen molar-refractivity contribution in [3.8, 4) is 5.75 Å². The van der Waals surface area contributed by atoms with Gasteiger partial charge >= 0.3 is 5.97 Å². The number of benzene rings is 1. The summed E-state index contributed by atoms with van der Waals surface area (Å²) in [5, 5.41) is 0. The molecule has 1 amide bonds. The van der Waals surface area contributed by atoms with Gasteiger partial charge in [-0.3, -0.25) is 4.79 Å². The minimum Gasteiger partial charge on any atom is -0.493 e. The van der Waals surface area contributed by atoms with Crippen LogP contribution in [0.3, 0.4) is 0 Å². The Kier molecular flexibility index (Phi) is 6.67. The highest BCUT2D eigenvalue weighted by molar-refractivity contribution is 5.98. The van der Waals surface area contributed by atoms with Gasteiger partial charge in [-0.15, -0.1) is 12.4 Å². The molecule has 1 aromatic carbocycles. The van der Waals surface area contributed by atoms with Gasteiger partial charge in [0, 0.05) is 24.7 Å². The lowest BCUT2D eigenvalue weighted by Gasteiger charge is -2.25. The van der Waals surface area contributed by atoms with E-state index in [-0.39, 0.29) is 24.4 Å². The van der Waals surface area contributed by atoms with E-state index in [1.165, 1.54) is 26.4 Å². The lowest BCUT2D eigenvalue weighted by Crippen LogP contribution is -2.32. The van der Waals surface area contributed by atoms with Crippen molar-refractivity contribution in [3.05, 3.63) is 29.3 Å². The van der Waals surface area contributed by atoms with E-state index in [1.54, 1.807) is 23.1 Å². The monoisotopic (exact) mass is 368 g/mol. The molecule has 1 aliphatic carbocycles. The number of ether oxygens (including phenoxy) is 2. The minimum absolute atomic E-state index is 0. The summed E-state index contributed by atoms with van der Waals surface area (Å²) >= 11 is 0. The molecule has 6 nitrogen and oxygen atoms in total. The van der Waals surface area contributed by atoms with Crippen LogP contribution in [0.5, 0.6) is 5.75 Å². The first-order chi connectivity index (χ1) is 11.6. The van der Waals surface area contributed by atoms with Gasteiger partial charge in [0.2, 0.25) is 0 Å². The summed E-state index contributed by atoms with van der Waals surface area (Å²) in [6.07, 6.45) is 4.39. The molecule has 7 heteroatoms. The van der Waals surface area contributed by atoms with E-state index in [0.717, 1.165) is 6.42 Å². The van der Waals surface area contributed by atoms with Crippen molar-refractivity contribution in [2.45, 2.75) is 31.7 Å². The second-order valence-corrected chi connectivity index (χ2v) is 6.65. The Hall–Kier alpha value is -1.79. The van der Waals surface area contributed by atoms with E-state index < -0.39 is 5.97 Å². The van der Waals surface area contributed by atoms with Gasteiger partial charge in [-0.25, -0.2) is 4.79 Å². The first kappa shape index (κ1) is 19.5. The Morgan fingerprint density at radius 1 is 1.20 bits per heavy atom. The molecule has 0 spiro atoms. The summed E-state index contributed by atoms with van der Waals surface area (Å²) < 4.78 is 10.6. The smallest absolute Gasteiger partial charge is 0.338 e. The first-order valence-electron chi connectivity index (χ1n) is 8.48. The van der Waals surface area contributed by atoms with Crippen molar-refractivity contribution >= 4 is 24.3 Å². The maximum atomic E-state index is 12.7. The Morgan fingerprint density at radius 3 is 2.48 bits per heavy atom. The Bertz CT molecular complexity index is 634. The average Bonchev–Trinajstić information content (AvgIpc) is 2.98. The van der Waals surface area contributed by atoms with Gasteiger partial charge in [-0.1, -0.05) is 6.42 Å². The zero-order valence-corrected chi connectivity index (χ0v) is 15.2. The van der Waals surface area contributed by atoms with Gasteiger partial charge in [0.1, 0.15) is 5.75 Å². The van der Waals surface area contributed by atoms with Crippen molar-refractivity contribution in [2.24, 2.45) is 11.7 Å². The van der Waals surface area contributed by atoms with Crippen LogP contribution in [0.4, 0.5) is 0 Å². The van der Waals surface area contributed by atoms with Gasteiger partial charge in [-0.2, -0.15) is 0 Å². The largest absolute Gasteiger partial charge is 0.493 e.